The maximum atomic E-state index is 5.60. The highest BCUT2D eigenvalue weighted by Gasteiger charge is 2.14. The number of hydrogen-bond donors (Lipinski definition) is 1. The summed E-state index contributed by atoms with van der Waals surface area (Å²) < 4.78 is 5.60. The summed E-state index contributed by atoms with van der Waals surface area (Å²) in [6.45, 7) is 3.73. The Labute approximate surface area is 107 Å². The van der Waals surface area contributed by atoms with Gasteiger partial charge in [0.15, 0.2) is 5.17 Å². The van der Waals surface area contributed by atoms with E-state index in [1.54, 1.807) is 11.8 Å². The minimum Gasteiger partial charge on any atom is -0.494 e. The van der Waals surface area contributed by atoms with E-state index in [9.17, 15) is 0 Å². The molecule has 1 N–H and O–H groups in total. The summed E-state index contributed by atoms with van der Waals surface area (Å²) >= 11 is 1.80. The lowest BCUT2D eigenvalue weighted by Crippen LogP contribution is -2.23. The average Bonchev–Trinajstić information content (AvgIpc) is 2.76. The zero-order valence-electron chi connectivity index (χ0n) is 10.1. The lowest BCUT2D eigenvalue weighted by atomic mass is 10.3. The SMILES string of the molecule is CC1CSC(=NCCCOc2ccccc2)N1. The maximum Gasteiger partial charge on any atom is 0.156 e. The Bertz CT molecular complexity index is 367. The number of nitrogens with zero attached hydrogens (tertiary/aromatic N) is 1. The molecule has 0 aliphatic carbocycles. The van der Waals surface area contributed by atoms with E-state index in [-0.39, 0.29) is 0 Å². The van der Waals surface area contributed by atoms with Gasteiger partial charge in [-0.1, -0.05) is 30.0 Å². The van der Waals surface area contributed by atoms with Crippen molar-refractivity contribution in [3.8, 4) is 5.75 Å². The third-order valence-corrected chi connectivity index (χ3v) is 3.60. The second kappa shape index (κ2) is 6.55. The van der Waals surface area contributed by atoms with E-state index in [1.807, 2.05) is 30.3 Å². The van der Waals surface area contributed by atoms with Gasteiger partial charge in [-0.15, -0.1) is 0 Å². The van der Waals surface area contributed by atoms with E-state index in [1.165, 1.54) is 0 Å². The van der Waals surface area contributed by atoms with Crippen LogP contribution in [-0.2, 0) is 0 Å². The Balaban J connectivity index is 1.61. The molecule has 1 aliphatic rings. The summed E-state index contributed by atoms with van der Waals surface area (Å²) in [6, 6.07) is 10.5. The van der Waals surface area contributed by atoms with Gasteiger partial charge in [0.05, 0.1) is 6.61 Å². The fourth-order valence-corrected chi connectivity index (χ4v) is 2.50. The van der Waals surface area contributed by atoms with Gasteiger partial charge in [-0.25, -0.2) is 0 Å². The van der Waals surface area contributed by atoms with Gasteiger partial charge < -0.3 is 10.1 Å². The molecular weight excluding hydrogens is 232 g/mol. The van der Waals surface area contributed by atoms with E-state index in [2.05, 4.69) is 17.2 Å². The van der Waals surface area contributed by atoms with Gasteiger partial charge in [0.1, 0.15) is 5.75 Å². The van der Waals surface area contributed by atoms with Crippen molar-refractivity contribution in [3.05, 3.63) is 30.3 Å². The molecular formula is C13H18N2OS. The third-order valence-electron chi connectivity index (χ3n) is 2.41. The van der Waals surface area contributed by atoms with Crippen LogP contribution in [0.15, 0.2) is 35.3 Å². The molecule has 17 heavy (non-hydrogen) atoms. The summed E-state index contributed by atoms with van der Waals surface area (Å²) in [4.78, 5) is 4.49. The molecule has 0 radical (unpaired) electrons. The molecule has 92 valence electrons. The lowest BCUT2D eigenvalue weighted by molar-refractivity contribution is 0.313. The number of para-hydroxylation sites is 1. The normalized spacial score (nSPS) is 21.5. The van der Waals surface area contributed by atoms with E-state index >= 15 is 0 Å². The van der Waals surface area contributed by atoms with Crippen molar-refractivity contribution in [1.29, 1.82) is 0 Å². The van der Waals surface area contributed by atoms with Gasteiger partial charge in [-0.2, -0.15) is 0 Å². The van der Waals surface area contributed by atoms with Crippen LogP contribution in [0.1, 0.15) is 13.3 Å². The molecule has 2 rings (SSSR count). The number of amidine groups is 1. The monoisotopic (exact) mass is 250 g/mol. The summed E-state index contributed by atoms with van der Waals surface area (Å²) in [5.74, 6) is 2.06. The molecule has 0 amide bonds. The number of ether oxygens (including phenoxy) is 1. The zero-order valence-corrected chi connectivity index (χ0v) is 10.9. The standard InChI is InChI=1S/C13H18N2OS/c1-11-10-17-13(15-11)14-8-5-9-16-12-6-3-2-4-7-12/h2-4,6-7,11H,5,8-10H2,1H3,(H,14,15). The molecule has 0 aromatic heterocycles. The number of aliphatic imine (C=N–C) groups is 1. The molecule has 1 atom stereocenters. The summed E-state index contributed by atoms with van der Waals surface area (Å²) in [5.41, 5.74) is 0. The van der Waals surface area contributed by atoms with Crippen molar-refractivity contribution in [2.24, 2.45) is 4.99 Å². The predicted octanol–water partition coefficient (Wildman–Crippen LogP) is 2.54. The zero-order chi connectivity index (χ0) is 11.9. The van der Waals surface area contributed by atoms with Gasteiger partial charge in [0.25, 0.3) is 0 Å². The van der Waals surface area contributed by atoms with E-state index < -0.39 is 0 Å². The van der Waals surface area contributed by atoms with Crippen LogP contribution in [0.25, 0.3) is 0 Å². The largest absolute Gasteiger partial charge is 0.494 e. The second-order valence-corrected chi connectivity index (χ2v) is 5.07. The molecule has 1 saturated heterocycles. The highest BCUT2D eigenvalue weighted by Crippen LogP contribution is 2.13. The number of thioether (sulfide) groups is 1. The minimum atomic E-state index is 0.555. The van der Waals surface area contributed by atoms with Crippen molar-refractivity contribution in [1.82, 2.24) is 5.32 Å². The van der Waals surface area contributed by atoms with Crippen LogP contribution in [-0.4, -0.2) is 30.1 Å². The smallest absolute Gasteiger partial charge is 0.156 e. The quantitative estimate of drug-likeness (QED) is 0.815. The Morgan fingerprint density at radius 3 is 2.94 bits per heavy atom. The van der Waals surface area contributed by atoms with E-state index in [4.69, 9.17) is 4.74 Å². The summed E-state index contributed by atoms with van der Waals surface area (Å²) in [7, 11) is 0. The molecule has 1 heterocycles. The number of rotatable bonds is 5. The summed E-state index contributed by atoms with van der Waals surface area (Å²) in [5, 5.41) is 4.42. The van der Waals surface area contributed by atoms with Crippen molar-refractivity contribution < 1.29 is 4.74 Å². The van der Waals surface area contributed by atoms with Crippen LogP contribution >= 0.6 is 11.8 Å². The molecule has 0 spiro atoms. The van der Waals surface area contributed by atoms with Crippen LogP contribution in [0.3, 0.4) is 0 Å². The minimum absolute atomic E-state index is 0.555. The first-order chi connectivity index (χ1) is 8.34. The Morgan fingerprint density at radius 1 is 1.41 bits per heavy atom. The Hall–Kier alpha value is -1.16. The molecule has 3 nitrogen and oxygen atoms in total. The van der Waals surface area contributed by atoms with Gasteiger partial charge in [-0.3, -0.25) is 4.99 Å². The molecule has 1 unspecified atom stereocenters. The molecule has 4 heteroatoms. The van der Waals surface area contributed by atoms with Crippen molar-refractivity contribution >= 4 is 16.9 Å². The molecule has 1 fully saturated rings. The molecule has 1 aliphatic heterocycles. The third kappa shape index (κ3) is 4.30. The molecule has 0 bridgehead atoms. The van der Waals surface area contributed by atoms with Crippen molar-refractivity contribution in [2.45, 2.75) is 19.4 Å². The highest BCUT2D eigenvalue weighted by molar-refractivity contribution is 8.14. The van der Waals surface area contributed by atoms with Crippen LogP contribution in [0, 0.1) is 0 Å². The van der Waals surface area contributed by atoms with E-state index in [0.717, 1.165) is 36.2 Å². The first-order valence-corrected chi connectivity index (χ1v) is 6.95. The molecule has 1 aromatic rings. The lowest BCUT2D eigenvalue weighted by Gasteiger charge is -2.04. The second-order valence-electron chi connectivity index (χ2n) is 4.06. The highest BCUT2D eigenvalue weighted by atomic mass is 32.2. The fraction of sp³-hybridized carbons (Fsp3) is 0.462. The maximum absolute atomic E-state index is 5.60. The van der Waals surface area contributed by atoms with Crippen molar-refractivity contribution in [2.75, 3.05) is 18.9 Å². The first-order valence-electron chi connectivity index (χ1n) is 5.96. The van der Waals surface area contributed by atoms with Crippen LogP contribution in [0.2, 0.25) is 0 Å². The molecule has 0 saturated carbocycles. The van der Waals surface area contributed by atoms with Crippen LogP contribution in [0.5, 0.6) is 5.75 Å². The van der Waals surface area contributed by atoms with Crippen LogP contribution < -0.4 is 10.1 Å². The number of nitrogens with one attached hydrogen (secondary N) is 1. The van der Waals surface area contributed by atoms with Gasteiger partial charge in [-0.05, 0) is 19.1 Å². The Morgan fingerprint density at radius 2 is 2.24 bits per heavy atom. The average molecular weight is 250 g/mol. The topological polar surface area (TPSA) is 33.6 Å². The summed E-state index contributed by atoms with van der Waals surface area (Å²) in [6.07, 6.45) is 0.953. The number of hydrogen-bond acceptors (Lipinski definition) is 3. The fourth-order valence-electron chi connectivity index (χ4n) is 1.54. The molecule has 1 aromatic carbocycles. The van der Waals surface area contributed by atoms with Gasteiger partial charge in [0, 0.05) is 24.8 Å². The first kappa shape index (κ1) is 12.3. The number of benzene rings is 1. The van der Waals surface area contributed by atoms with Gasteiger partial charge in [0.2, 0.25) is 0 Å². The van der Waals surface area contributed by atoms with E-state index in [0.29, 0.717) is 6.04 Å². The van der Waals surface area contributed by atoms with Gasteiger partial charge >= 0.3 is 0 Å². The van der Waals surface area contributed by atoms with Crippen LogP contribution in [0.4, 0.5) is 0 Å². The predicted molar refractivity (Wildman–Crippen MR) is 73.9 cm³/mol. The Kier molecular flexibility index (Phi) is 4.74. The van der Waals surface area contributed by atoms with Crippen molar-refractivity contribution in [3.63, 3.8) is 0 Å².